The van der Waals surface area contributed by atoms with Gasteiger partial charge in [0.1, 0.15) is 0 Å². The van der Waals surface area contributed by atoms with Gasteiger partial charge in [-0.25, -0.2) is 8.42 Å². The van der Waals surface area contributed by atoms with Crippen LogP contribution in [0.5, 0.6) is 0 Å². The third-order valence-corrected chi connectivity index (χ3v) is 7.13. The van der Waals surface area contributed by atoms with Gasteiger partial charge in [0.2, 0.25) is 10.0 Å². The van der Waals surface area contributed by atoms with Crippen LogP contribution in [0.3, 0.4) is 0 Å². The average Bonchev–Trinajstić information content (AvgIpc) is 3.31. The molecule has 0 aliphatic carbocycles. The summed E-state index contributed by atoms with van der Waals surface area (Å²) in [6.07, 6.45) is 1.71. The van der Waals surface area contributed by atoms with Gasteiger partial charge in [0.15, 0.2) is 0 Å². The Morgan fingerprint density at radius 1 is 0.967 bits per heavy atom. The predicted octanol–water partition coefficient (Wildman–Crippen LogP) is 3.21. The second-order valence-corrected chi connectivity index (χ2v) is 9.09. The number of carbonyl (C=O) groups excluding carboxylic acids is 2. The summed E-state index contributed by atoms with van der Waals surface area (Å²) in [5.41, 5.74) is 1.35. The molecule has 0 saturated carbocycles. The maximum atomic E-state index is 12.7. The first-order valence-electron chi connectivity index (χ1n) is 10.2. The fraction of sp³-hybridized carbons (Fsp3) is 0.364. The Kier molecular flexibility index (Phi) is 6.89. The van der Waals surface area contributed by atoms with Crippen molar-refractivity contribution in [1.29, 1.82) is 0 Å². The molecule has 0 spiro atoms. The highest BCUT2D eigenvalue weighted by molar-refractivity contribution is 7.89. The van der Waals surface area contributed by atoms with Gasteiger partial charge < -0.3 is 10.2 Å². The molecule has 0 radical (unpaired) electrons. The van der Waals surface area contributed by atoms with Crippen molar-refractivity contribution in [2.75, 3.05) is 31.5 Å². The van der Waals surface area contributed by atoms with Crippen molar-refractivity contribution < 1.29 is 18.0 Å². The summed E-state index contributed by atoms with van der Waals surface area (Å²) in [5, 5.41) is 2.76. The van der Waals surface area contributed by atoms with E-state index in [0.717, 1.165) is 12.8 Å². The van der Waals surface area contributed by atoms with Crippen LogP contribution >= 0.6 is 0 Å². The smallest absolute Gasteiger partial charge is 0.255 e. The van der Waals surface area contributed by atoms with Crippen molar-refractivity contribution in [1.82, 2.24) is 9.21 Å². The fourth-order valence-electron chi connectivity index (χ4n) is 3.47. The third kappa shape index (κ3) is 4.71. The number of carbonyl (C=O) groups is 2. The molecule has 1 saturated heterocycles. The minimum absolute atomic E-state index is 0.0577. The van der Waals surface area contributed by atoms with Crippen molar-refractivity contribution in [3.05, 3.63) is 59.7 Å². The molecule has 7 nitrogen and oxygen atoms in total. The lowest BCUT2D eigenvalue weighted by molar-refractivity contribution is 0.0773. The standard InChI is InChI=1S/C22H27N3O4S/c1-3-24(4-2)22(27)17-10-12-19(13-11-17)23-21(26)18-8-7-9-20(16-18)30(28,29)25-14-5-6-15-25/h7-13,16H,3-6,14-15H2,1-2H3,(H,23,26). The quantitative estimate of drug-likeness (QED) is 0.732. The first-order valence-corrected chi connectivity index (χ1v) is 11.6. The van der Waals surface area contributed by atoms with Gasteiger partial charge in [0.05, 0.1) is 4.90 Å². The van der Waals surface area contributed by atoms with Crippen LogP contribution in [0.2, 0.25) is 0 Å². The molecule has 160 valence electrons. The Bertz CT molecular complexity index is 1010. The number of benzene rings is 2. The lowest BCUT2D eigenvalue weighted by Gasteiger charge is -2.18. The number of anilines is 1. The van der Waals surface area contributed by atoms with Gasteiger partial charge >= 0.3 is 0 Å². The molecular formula is C22H27N3O4S. The number of hydrogen-bond acceptors (Lipinski definition) is 4. The largest absolute Gasteiger partial charge is 0.339 e. The Balaban J connectivity index is 1.73. The summed E-state index contributed by atoms with van der Waals surface area (Å²) in [6, 6.07) is 12.7. The van der Waals surface area contributed by atoms with Gasteiger partial charge in [-0.2, -0.15) is 4.31 Å². The minimum atomic E-state index is -3.58. The molecule has 0 aromatic heterocycles. The SMILES string of the molecule is CCN(CC)C(=O)c1ccc(NC(=O)c2cccc(S(=O)(=O)N3CCCC3)c2)cc1. The van der Waals surface area contributed by atoms with E-state index in [9.17, 15) is 18.0 Å². The van der Waals surface area contributed by atoms with Crippen LogP contribution in [0, 0.1) is 0 Å². The molecule has 1 aliphatic heterocycles. The Labute approximate surface area is 177 Å². The average molecular weight is 430 g/mol. The van der Waals surface area contributed by atoms with Crippen molar-refractivity contribution in [2.45, 2.75) is 31.6 Å². The van der Waals surface area contributed by atoms with Crippen LogP contribution in [0.1, 0.15) is 47.4 Å². The zero-order valence-corrected chi connectivity index (χ0v) is 18.1. The molecule has 2 aromatic carbocycles. The summed E-state index contributed by atoms with van der Waals surface area (Å²) < 4.78 is 26.9. The van der Waals surface area contributed by atoms with Crippen molar-refractivity contribution >= 4 is 27.5 Å². The van der Waals surface area contributed by atoms with E-state index in [1.165, 1.54) is 16.4 Å². The molecule has 0 bridgehead atoms. The van der Waals surface area contributed by atoms with E-state index < -0.39 is 15.9 Å². The normalized spacial score (nSPS) is 14.5. The van der Waals surface area contributed by atoms with Crippen molar-refractivity contribution in [3.8, 4) is 0 Å². The van der Waals surface area contributed by atoms with Gasteiger partial charge in [0.25, 0.3) is 11.8 Å². The first kappa shape index (κ1) is 22.0. The molecule has 1 fully saturated rings. The monoisotopic (exact) mass is 429 g/mol. The predicted molar refractivity (Wildman–Crippen MR) is 116 cm³/mol. The van der Waals surface area contributed by atoms with Crippen LogP contribution in [0.4, 0.5) is 5.69 Å². The number of hydrogen-bond donors (Lipinski definition) is 1. The molecule has 0 atom stereocenters. The lowest BCUT2D eigenvalue weighted by Crippen LogP contribution is -2.30. The Morgan fingerprint density at radius 2 is 1.60 bits per heavy atom. The van der Waals surface area contributed by atoms with E-state index in [0.29, 0.717) is 37.4 Å². The minimum Gasteiger partial charge on any atom is -0.339 e. The van der Waals surface area contributed by atoms with Crippen LogP contribution < -0.4 is 5.32 Å². The van der Waals surface area contributed by atoms with Crippen LogP contribution in [0.15, 0.2) is 53.4 Å². The van der Waals surface area contributed by atoms with E-state index in [2.05, 4.69) is 5.32 Å². The summed E-state index contributed by atoms with van der Waals surface area (Å²) >= 11 is 0. The Hall–Kier alpha value is -2.71. The van der Waals surface area contributed by atoms with E-state index in [-0.39, 0.29) is 16.4 Å². The maximum Gasteiger partial charge on any atom is 0.255 e. The van der Waals surface area contributed by atoms with E-state index in [4.69, 9.17) is 0 Å². The molecule has 2 aromatic rings. The van der Waals surface area contributed by atoms with E-state index in [1.807, 2.05) is 13.8 Å². The Morgan fingerprint density at radius 3 is 2.20 bits per heavy atom. The number of amides is 2. The number of sulfonamides is 1. The maximum absolute atomic E-state index is 12.7. The highest BCUT2D eigenvalue weighted by atomic mass is 32.2. The number of nitrogens with one attached hydrogen (secondary N) is 1. The van der Waals surface area contributed by atoms with Gasteiger partial charge in [-0.1, -0.05) is 6.07 Å². The van der Waals surface area contributed by atoms with Gasteiger partial charge in [-0.15, -0.1) is 0 Å². The summed E-state index contributed by atoms with van der Waals surface area (Å²) in [6.45, 7) is 6.13. The number of rotatable bonds is 7. The number of nitrogens with zero attached hydrogens (tertiary/aromatic N) is 2. The molecule has 1 N–H and O–H groups in total. The van der Waals surface area contributed by atoms with Gasteiger partial charge in [-0.05, 0) is 69.2 Å². The molecule has 1 aliphatic rings. The van der Waals surface area contributed by atoms with Crippen LogP contribution in [-0.4, -0.2) is 55.6 Å². The van der Waals surface area contributed by atoms with Crippen LogP contribution in [0.25, 0.3) is 0 Å². The highest BCUT2D eigenvalue weighted by Crippen LogP contribution is 2.22. The molecule has 3 rings (SSSR count). The molecule has 1 heterocycles. The summed E-state index contributed by atoms with van der Waals surface area (Å²) in [5.74, 6) is -0.464. The first-order chi connectivity index (χ1) is 14.4. The lowest BCUT2D eigenvalue weighted by atomic mass is 10.1. The van der Waals surface area contributed by atoms with Gasteiger partial charge in [-0.3, -0.25) is 9.59 Å². The molecular weight excluding hydrogens is 402 g/mol. The molecule has 2 amide bonds. The summed E-state index contributed by atoms with van der Waals surface area (Å²) in [4.78, 5) is 26.9. The van der Waals surface area contributed by atoms with Gasteiger partial charge in [0, 0.05) is 43.0 Å². The van der Waals surface area contributed by atoms with E-state index in [1.54, 1.807) is 41.3 Å². The molecule has 8 heteroatoms. The summed E-state index contributed by atoms with van der Waals surface area (Å²) in [7, 11) is -3.58. The highest BCUT2D eigenvalue weighted by Gasteiger charge is 2.27. The zero-order valence-electron chi connectivity index (χ0n) is 17.3. The topological polar surface area (TPSA) is 86.8 Å². The zero-order chi connectivity index (χ0) is 21.7. The fourth-order valence-corrected chi connectivity index (χ4v) is 5.03. The second-order valence-electron chi connectivity index (χ2n) is 7.15. The molecule has 30 heavy (non-hydrogen) atoms. The third-order valence-electron chi connectivity index (χ3n) is 5.24. The molecule has 0 unspecified atom stereocenters. The van der Waals surface area contributed by atoms with Crippen molar-refractivity contribution in [2.24, 2.45) is 0 Å². The second kappa shape index (κ2) is 9.40. The van der Waals surface area contributed by atoms with Crippen molar-refractivity contribution in [3.63, 3.8) is 0 Å². The van der Waals surface area contributed by atoms with E-state index >= 15 is 0 Å². The van der Waals surface area contributed by atoms with Crippen LogP contribution in [-0.2, 0) is 10.0 Å².